The Morgan fingerprint density at radius 2 is 1.70 bits per heavy atom. The summed E-state index contributed by atoms with van der Waals surface area (Å²) < 4.78 is 5.15. The van der Waals surface area contributed by atoms with Crippen LogP contribution in [-0.2, 0) is 14.3 Å². The lowest BCUT2D eigenvalue weighted by Gasteiger charge is -2.22. The van der Waals surface area contributed by atoms with Gasteiger partial charge in [-0.15, -0.1) is 0 Å². The van der Waals surface area contributed by atoms with Crippen molar-refractivity contribution in [1.82, 2.24) is 15.1 Å². The number of nitrogens with zero attached hydrogens (tertiary/aromatic N) is 2. The van der Waals surface area contributed by atoms with Crippen LogP contribution < -0.4 is 5.32 Å². The number of benzene rings is 1. The van der Waals surface area contributed by atoms with Gasteiger partial charge in [0.2, 0.25) is 11.8 Å². The SMILES string of the molecule is CC(C)(C)OC(=O)NCCC(=O)N1CCCN(C(=O)/C=C/c2ccc(Cl)cc2)CC1. The van der Waals surface area contributed by atoms with E-state index in [1.54, 1.807) is 54.9 Å². The number of alkyl carbamates (subject to hydrolysis) is 1. The first-order valence-electron chi connectivity index (χ1n) is 10.1. The van der Waals surface area contributed by atoms with E-state index >= 15 is 0 Å². The van der Waals surface area contributed by atoms with Gasteiger partial charge in [0, 0.05) is 50.2 Å². The maximum Gasteiger partial charge on any atom is 0.407 e. The number of nitrogens with one attached hydrogen (secondary N) is 1. The first-order valence-corrected chi connectivity index (χ1v) is 10.5. The molecule has 1 fully saturated rings. The van der Waals surface area contributed by atoms with Gasteiger partial charge in [0.15, 0.2) is 0 Å². The van der Waals surface area contributed by atoms with E-state index in [1.807, 2.05) is 12.1 Å². The van der Waals surface area contributed by atoms with Crippen molar-refractivity contribution >= 4 is 35.6 Å². The van der Waals surface area contributed by atoms with E-state index in [0.29, 0.717) is 37.6 Å². The van der Waals surface area contributed by atoms with Crippen molar-refractivity contribution in [3.8, 4) is 0 Å². The summed E-state index contributed by atoms with van der Waals surface area (Å²) in [4.78, 5) is 40.1. The summed E-state index contributed by atoms with van der Waals surface area (Å²) in [5.74, 6) is -0.122. The molecule has 1 aliphatic heterocycles. The van der Waals surface area contributed by atoms with Crippen LogP contribution in [0.15, 0.2) is 30.3 Å². The molecule has 1 heterocycles. The van der Waals surface area contributed by atoms with Crippen molar-refractivity contribution in [3.63, 3.8) is 0 Å². The highest BCUT2D eigenvalue weighted by Gasteiger charge is 2.21. The summed E-state index contributed by atoms with van der Waals surface area (Å²) in [5.41, 5.74) is 0.327. The topological polar surface area (TPSA) is 79.0 Å². The minimum absolute atomic E-state index is 0.0444. The minimum Gasteiger partial charge on any atom is -0.444 e. The van der Waals surface area contributed by atoms with Crippen LogP contribution in [0, 0.1) is 0 Å². The molecular weight excluding hydrogens is 406 g/mol. The quantitative estimate of drug-likeness (QED) is 0.719. The van der Waals surface area contributed by atoms with E-state index in [0.717, 1.165) is 5.56 Å². The third kappa shape index (κ3) is 8.45. The van der Waals surface area contributed by atoms with E-state index < -0.39 is 11.7 Å². The Morgan fingerprint density at radius 1 is 1.07 bits per heavy atom. The third-order valence-corrected chi connectivity index (χ3v) is 4.71. The highest BCUT2D eigenvalue weighted by molar-refractivity contribution is 6.30. The Balaban J connectivity index is 1.76. The molecule has 0 radical (unpaired) electrons. The molecule has 30 heavy (non-hydrogen) atoms. The lowest BCUT2D eigenvalue weighted by atomic mass is 10.2. The Hall–Kier alpha value is -2.54. The molecule has 1 aliphatic rings. The smallest absolute Gasteiger partial charge is 0.407 e. The zero-order chi connectivity index (χ0) is 22.1. The maximum absolute atomic E-state index is 12.5. The normalized spacial score (nSPS) is 15.1. The maximum atomic E-state index is 12.5. The van der Waals surface area contributed by atoms with Crippen LogP contribution in [0.4, 0.5) is 4.79 Å². The van der Waals surface area contributed by atoms with Gasteiger partial charge in [0.05, 0.1) is 0 Å². The van der Waals surface area contributed by atoms with Gasteiger partial charge >= 0.3 is 6.09 Å². The highest BCUT2D eigenvalue weighted by atomic mass is 35.5. The molecule has 2 rings (SSSR count). The van der Waals surface area contributed by atoms with Gasteiger partial charge in [-0.1, -0.05) is 23.7 Å². The molecule has 3 amide bonds. The molecule has 0 unspecified atom stereocenters. The van der Waals surface area contributed by atoms with Crippen molar-refractivity contribution in [2.75, 3.05) is 32.7 Å². The predicted molar refractivity (Wildman–Crippen MR) is 117 cm³/mol. The molecule has 1 aromatic carbocycles. The molecule has 0 spiro atoms. The fourth-order valence-electron chi connectivity index (χ4n) is 2.98. The molecule has 0 aromatic heterocycles. The van der Waals surface area contributed by atoms with Crippen LogP contribution in [0.3, 0.4) is 0 Å². The lowest BCUT2D eigenvalue weighted by Crippen LogP contribution is -2.39. The lowest BCUT2D eigenvalue weighted by molar-refractivity contribution is -0.131. The second-order valence-corrected chi connectivity index (χ2v) is 8.56. The van der Waals surface area contributed by atoms with Crippen molar-refractivity contribution in [1.29, 1.82) is 0 Å². The Labute approximate surface area is 183 Å². The van der Waals surface area contributed by atoms with E-state index in [1.165, 1.54) is 0 Å². The van der Waals surface area contributed by atoms with Crippen LogP contribution in [-0.4, -0.2) is 66.0 Å². The monoisotopic (exact) mass is 435 g/mol. The average molecular weight is 436 g/mol. The number of hydrogen-bond acceptors (Lipinski definition) is 4. The average Bonchev–Trinajstić information content (AvgIpc) is 2.92. The summed E-state index contributed by atoms with van der Waals surface area (Å²) in [7, 11) is 0. The zero-order valence-corrected chi connectivity index (χ0v) is 18.6. The number of carbonyl (C=O) groups excluding carboxylic acids is 3. The molecule has 0 aliphatic carbocycles. The standard InChI is InChI=1S/C22H30ClN3O4/c1-22(2,3)30-21(29)24-12-11-20(28)26-14-4-13-25(15-16-26)19(27)10-7-17-5-8-18(23)9-6-17/h5-10H,4,11-16H2,1-3H3,(H,24,29)/b10-7+. The van der Waals surface area contributed by atoms with Gasteiger partial charge in [-0.05, 0) is 51.0 Å². The third-order valence-electron chi connectivity index (χ3n) is 4.46. The minimum atomic E-state index is -0.573. The van der Waals surface area contributed by atoms with E-state index in [-0.39, 0.29) is 24.8 Å². The van der Waals surface area contributed by atoms with Gasteiger partial charge in [-0.2, -0.15) is 0 Å². The molecule has 8 heteroatoms. The highest BCUT2D eigenvalue weighted by Crippen LogP contribution is 2.12. The molecule has 164 valence electrons. The number of rotatable bonds is 5. The van der Waals surface area contributed by atoms with Crippen LogP contribution in [0.5, 0.6) is 0 Å². The molecule has 1 aromatic rings. The molecular formula is C22H30ClN3O4. The van der Waals surface area contributed by atoms with Gasteiger partial charge < -0.3 is 19.9 Å². The number of halogens is 1. The summed E-state index contributed by atoms with van der Waals surface area (Å²) in [6.07, 6.45) is 3.69. The van der Waals surface area contributed by atoms with E-state index in [9.17, 15) is 14.4 Å². The van der Waals surface area contributed by atoms with Gasteiger partial charge in [-0.25, -0.2) is 4.79 Å². The fourth-order valence-corrected chi connectivity index (χ4v) is 3.10. The predicted octanol–water partition coefficient (Wildman–Crippen LogP) is 3.33. The number of amides is 3. The first kappa shape index (κ1) is 23.7. The van der Waals surface area contributed by atoms with Gasteiger partial charge in [0.1, 0.15) is 5.60 Å². The number of ether oxygens (including phenoxy) is 1. The van der Waals surface area contributed by atoms with Gasteiger partial charge in [0.25, 0.3) is 0 Å². The fraction of sp³-hybridized carbons (Fsp3) is 0.500. The Kier molecular flexibility index (Phi) is 8.72. The Morgan fingerprint density at radius 3 is 2.37 bits per heavy atom. The van der Waals surface area contributed by atoms with Gasteiger partial charge in [-0.3, -0.25) is 9.59 Å². The van der Waals surface area contributed by atoms with Crippen LogP contribution in [0.25, 0.3) is 6.08 Å². The van der Waals surface area contributed by atoms with E-state index in [4.69, 9.17) is 16.3 Å². The number of hydrogen-bond donors (Lipinski definition) is 1. The van der Waals surface area contributed by atoms with E-state index in [2.05, 4.69) is 5.32 Å². The largest absolute Gasteiger partial charge is 0.444 e. The van der Waals surface area contributed by atoms with Crippen molar-refractivity contribution in [2.45, 2.75) is 39.2 Å². The second-order valence-electron chi connectivity index (χ2n) is 8.12. The van der Waals surface area contributed by atoms with Crippen molar-refractivity contribution < 1.29 is 19.1 Å². The molecule has 1 N–H and O–H groups in total. The van der Waals surface area contributed by atoms with Crippen molar-refractivity contribution in [2.24, 2.45) is 0 Å². The molecule has 0 atom stereocenters. The molecule has 0 bridgehead atoms. The molecule has 7 nitrogen and oxygen atoms in total. The van der Waals surface area contributed by atoms with Crippen LogP contribution in [0.1, 0.15) is 39.2 Å². The molecule has 1 saturated heterocycles. The first-order chi connectivity index (χ1) is 14.1. The van der Waals surface area contributed by atoms with Crippen molar-refractivity contribution in [3.05, 3.63) is 40.9 Å². The van der Waals surface area contributed by atoms with Crippen LogP contribution >= 0.6 is 11.6 Å². The molecule has 0 saturated carbocycles. The zero-order valence-electron chi connectivity index (χ0n) is 17.8. The summed E-state index contributed by atoms with van der Waals surface area (Å²) in [6, 6.07) is 7.25. The second kappa shape index (κ2) is 11.0. The summed E-state index contributed by atoms with van der Waals surface area (Å²) >= 11 is 5.87. The Bertz CT molecular complexity index is 772. The summed E-state index contributed by atoms with van der Waals surface area (Å²) in [5, 5.41) is 3.25. The number of carbonyl (C=O) groups is 3. The van der Waals surface area contributed by atoms with Crippen LogP contribution in [0.2, 0.25) is 5.02 Å². The summed E-state index contributed by atoms with van der Waals surface area (Å²) in [6.45, 7) is 7.73.